The van der Waals surface area contributed by atoms with Gasteiger partial charge in [-0.3, -0.25) is 4.79 Å². The van der Waals surface area contributed by atoms with E-state index < -0.39 is 0 Å². The fraction of sp³-hybridized carbons (Fsp3) is 0.160. The summed E-state index contributed by atoms with van der Waals surface area (Å²) in [6.45, 7) is 2.70. The summed E-state index contributed by atoms with van der Waals surface area (Å²) in [5.74, 6) is -0.272. The Morgan fingerprint density at radius 1 is 0.931 bits per heavy atom. The van der Waals surface area contributed by atoms with Crippen molar-refractivity contribution in [2.45, 2.75) is 26.3 Å². The Balaban J connectivity index is 1.59. The van der Waals surface area contributed by atoms with Crippen molar-refractivity contribution < 1.29 is 9.18 Å². The van der Waals surface area contributed by atoms with Crippen LogP contribution in [0.25, 0.3) is 10.9 Å². The van der Waals surface area contributed by atoms with Gasteiger partial charge >= 0.3 is 0 Å². The molecule has 4 rings (SSSR count). The van der Waals surface area contributed by atoms with Gasteiger partial charge in [0.2, 0.25) is 5.91 Å². The molecular formula is C25H23FN2O. The Bertz CT molecular complexity index is 1150. The van der Waals surface area contributed by atoms with Crippen LogP contribution >= 0.6 is 0 Å². The Morgan fingerprint density at radius 3 is 2.45 bits per heavy atom. The van der Waals surface area contributed by atoms with E-state index in [1.54, 1.807) is 12.1 Å². The predicted octanol–water partition coefficient (Wildman–Crippen LogP) is 5.57. The topological polar surface area (TPSA) is 34.0 Å². The Labute approximate surface area is 169 Å². The van der Waals surface area contributed by atoms with Crippen molar-refractivity contribution in [3.05, 3.63) is 102 Å². The second-order valence-electron chi connectivity index (χ2n) is 7.16. The monoisotopic (exact) mass is 386 g/mol. The first-order valence-corrected chi connectivity index (χ1v) is 9.83. The zero-order chi connectivity index (χ0) is 20.2. The zero-order valence-electron chi connectivity index (χ0n) is 16.4. The van der Waals surface area contributed by atoms with Gasteiger partial charge in [0, 0.05) is 29.3 Å². The van der Waals surface area contributed by atoms with E-state index in [4.69, 9.17) is 0 Å². The lowest BCUT2D eigenvalue weighted by Crippen LogP contribution is -2.15. The van der Waals surface area contributed by atoms with Crippen molar-refractivity contribution in [1.29, 1.82) is 0 Å². The molecule has 3 aromatic carbocycles. The molecule has 146 valence electrons. The van der Waals surface area contributed by atoms with E-state index in [1.165, 1.54) is 12.1 Å². The van der Waals surface area contributed by atoms with Crippen molar-refractivity contribution in [1.82, 2.24) is 4.57 Å². The van der Waals surface area contributed by atoms with Crippen LogP contribution in [0.5, 0.6) is 0 Å². The fourth-order valence-corrected chi connectivity index (χ4v) is 3.70. The quantitative estimate of drug-likeness (QED) is 0.462. The van der Waals surface area contributed by atoms with Crippen LogP contribution in [0.4, 0.5) is 10.1 Å². The van der Waals surface area contributed by atoms with E-state index in [2.05, 4.69) is 16.8 Å². The highest BCUT2D eigenvalue weighted by Gasteiger charge is 2.13. The Kier molecular flexibility index (Phi) is 5.43. The molecule has 0 radical (unpaired) electrons. The van der Waals surface area contributed by atoms with Crippen molar-refractivity contribution in [2.75, 3.05) is 5.32 Å². The maximum atomic E-state index is 13.2. The third-order valence-electron chi connectivity index (χ3n) is 5.16. The van der Waals surface area contributed by atoms with Crippen LogP contribution in [0, 0.1) is 5.82 Å². The predicted molar refractivity (Wildman–Crippen MR) is 116 cm³/mol. The van der Waals surface area contributed by atoms with Gasteiger partial charge in [-0.05, 0) is 47.4 Å². The third-order valence-corrected chi connectivity index (χ3v) is 5.16. The summed E-state index contributed by atoms with van der Waals surface area (Å²) >= 11 is 0. The molecule has 0 aliphatic heterocycles. The second-order valence-corrected chi connectivity index (χ2v) is 7.16. The number of fused-ring (bicyclic) bond motifs is 1. The first-order chi connectivity index (χ1) is 14.1. The minimum absolute atomic E-state index is 0.0319. The molecule has 0 atom stereocenters. The number of halogens is 1. The van der Waals surface area contributed by atoms with Crippen LogP contribution in [0.2, 0.25) is 0 Å². The number of carbonyl (C=O) groups is 1. The molecule has 3 nitrogen and oxygen atoms in total. The first kappa shape index (κ1) is 18.9. The lowest BCUT2D eigenvalue weighted by atomic mass is 10.1. The van der Waals surface area contributed by atoms with Crippen LogP contribution in [0.3, 0.4) is 0 Å². The number of aryl methyl sites for hydroxylation is 1. The van der Waals surface area contributed by atoms with Gasteiger partial charge in [0.05, 0.1) is 6.42 Å². The SMILES string of the molecule is CCc1ccccc1NC(=O)Cc1cn(Cc2ccc(F)cc2)c2ccccc12. The van der Waals surface area contributed by atoms with E-state index in [0.29, 0.717) is 13.0 Å². The smallest absolute Gasteiger partial charge is 0.228 e. The van der Waals surface area contributed by atoms with E-state index in [0.717, 1.165) is 39.7 Å². The summed E-state index contributed by atoms with van der Waals surface area (Å²) in [6, 6.07) is 22.5. The maximum absolute atomic E-state index is 13.2. The second kappa shape index (κ2) is 8.31. The molecule has 1 N–H and O–H groups in total. The molecule has 29 heavy (non-hydrogen) atoms. The van der Waals surface area contributed by atoms with Gasteiger partial charge in [-0.2, -0.15) is 0 Å². The van der Waals surface area contributed by atoms with Crippen molar-refractivity contribution >= 4 is 22.5 Å². The van der Waals surface area contributed by atoms with Gasteiger partial charge < -0.3 is 9.88 Å². The highest BCUT2D eigenvalue weighted by Crippen LogP contribution is 2.24. The van der Waals surface area contributed by atoms with Gasteiger partial charge in [-0.25, -0.2) is 4.39 Å². The van der Waals surface area contributed by atoms with Crippen LogP contribution < -0.4 is 5.32 Å². The average molecular weight is 386 g/mol. The van der Waals surface area contributed by atoms with Crippen molar-refractivity contribution in [2.24, 2.45) is 0 Å². The van der Waals surface area contributed by atoms with E-state index in [-0.39, 0.29) is 11.7 Å². The molecule has 0 spiro atoms. The standard InChI is InChI=1S/C25H23FN2O/c1-2-19-7-3-5-9-23(19)27-25(29)15-20-17-28(24-10-6-4-8-22(20)24)16-18-11-13-21(26)14-12-18/h3-14,17H,2,15-16H2,1H3,(H,27,29). The summed E-state index contributed by atoms with van der Waals surface area (Å²) in [5, 5.41) is 4.11. The first-order valence-electron chi connectivity index (χ1n) is 9.83. The average Bonchev–Trinajstić information content (AvgIpc) is 3.07. The minimum Gasteiger partial charge on any atom is -0.343 e. The fourth-order valence-electron chi connectivity index (χ4n) is 3.70. The third kappa shape index (κ3) is 4.21. The number of hydrogen-bond donors (Lipinski definition) is 1. The number of nitrogens with one attached hydrogen (secondary N) is 1. The number of nitrogens with zero attached hydrogens (tertiary/aromatic N) is 1. The molecule has 0 saturated heterocycles. The summed E-state index contributed by atoms with van der Waals surface area (Å²) in [5.41, 5.74) is 5.05. The van der Waals surface area contributed by atoms with Crippen LogP contribution in [0.1, 0.15) is 23.6 Å². The normalized spacial score (nSPS) is 11.0. The largest absolute Gasteiger partial charge is 0.343 e. The Hall–Kier alpha value is -3.40. The molecule has 0 saturated carbocycles. The number of para-hydroxylation sites is 2. The van der Waals surface area contributed by atoms with Gasteiger partial charge in [-0.15, -0.1) is 0 Å². The molecule has 4 heteroatoms. The molecule has 0 aliphatic rings. The summed E-state index contributed by atoms with van der Waals surface area (Å²) in [4.78, 5) is 12.7. The number of benzene rings is 3. The minimum atomic E-state index is -0.240. The number of rotatable bonds is 6. The Morgan fingerprint density at radius 2 is 1.66 bits per heavy atom. The zero-order valence-corrected chi connectivity index (χ0v) is 16.4. The van der Waals surface area contributed by atoms with Gasteiger partial charge in [0.1, 0.15) is 5.82 Å². The molecule has 1 amide bonds. The molecule has 0 fully saturated rings. The van der Waals surface area contributed by atoms with Gasteiger partial charge in [-0.1, -0.05) is 55.5 Å². The number of amides is 1. The molecule has 0 unspecified atom stereocenters. The van der Waals surface area contributed by atoms with Gasteiger partial charge in [0.25, 0.3) is 0 Å². The molecule has 1 aromatic heterocycles. The number of anilines is 1. The summed E-state index contributed by atoms with van der Waals surface area (Å²) in [7, 11) is 0. The number of carbonyl (C=O) groups excluding carboxylic acids is 1. The molecule has 0 aliphatic carbocycles. The lowest BCUT2D eigenvalue weighted by molar-refractivity contribution is -0.115. The number of aromatic nitrogens is 1. The molecule has 0 bridgehead atoms. The van der Waals surface area contributed by atoms with Crippen molar-refractivity contribution in [3.63, 3.8) is 0 Å². The van der Waals surface area contributed by atoms with Crippen LogP contribution in [-0.4, -0.2) is 10.5 Å². The highest BCUT2D eigenvalue weighted by atomic mass is 19.1. The van der Waals surface area contributed by atoms with E-state index in [9.17, 15) is 9.18 Å². The number of hydrogen-bond acceptors (Lipinski definition) is 1. The highest BCUT2D eigenvalue weighted by molar-refractivity contribution is 5.96. The van der Waals surface area contributed by atoms with E-state index >= 15 is 0 Å². The van der Waals surface area contributed by atoms with Gasteiger partial charge in [0.15, 0.2) is 0 Å². The molecular weight excluding hydrogens is 363 g/mol. The summed E-state index contributed by atoms with van der Waals surface area (Å²) < 4.78 is 15.3. The summed E-state index contributed by atoms with van der Waals surface area (Å²) in [6.07, 6.45) is 3.20. The molecule has 1 heterocycles. The van der Waals surface area contributed by atoms with Crippen LogP contribution in [-0.2, 0) is 24.2 Å². The van der Waals surface area contributed by atoms with Crippen LogP contribution in [0.15, 0.2) is 79.0 Å². The maximum Gasteiger partial charge on any atom is 0.228 e. The van der Waals surface area contributed by atoms with E-state index in [1.807, 2.05) is 54.7 Å². The molecule has 4 aromatic rings. The lowest BCUT2D eigenvalue weighted by Gasteiger charge is -2.09. The van der Waals surface area contributed by atoms with Crippen molar-refractivity contribution in [3.8, 4) is 0 Å².